The molecule has 4 rings (SSSR count). The van der Waals surface area contributed by atoms with Crippen LogP contribution in [0.2, 0.25) is 10.0 Å². The van der Waals surface area contributed by atoms with Gasteiger partial charge in [0.2, 0.25) is 0 Å². The van der Waals surface area contributed by atoms with E-state index in [1.807, 2.05) is 31.2 Å². The van der Waals surface area contributed by atoms with E-state index in [0.717, 1.165) is 16.8 Å². The van der Waals surface area contributed by atoms with E-state index >= 15 is 0 Å². The van der Waals surface area contributed by atoms with E-state index in [-0.39, 0.29) is 23.5 Å². The minimum Gasteiger partial charge on any atom is -0.467 e. The van der Waals surface area contributed by atoms with E-state index in [1.165, 1.54) is 7.11 Å². The van der Waals surface area contributed by atoms with Crippen LogP contribution in [0.1, 0.15) is 50.2 Å². The number of anilines is 1. The number of rotatable bonds is 6. The molecule has 33 heavy (non-hydrogen) atoms. The smallest absolute Gasteiger partial charge is 0.331 e. The van der Waals surface area contributed by atoms with Gasteiger partial charge >= 0.3 is 5.97 Å². The Kier molecular flexibility index (Phi) is 6.77. The Labute approximate surface area is 203 Å². The summed E-state index contributed by atoms with van der Waals surface area (Å²) in [5, 5.41) is 13.7. The summed E-state index contributed by atoms with van der Waals surface area (Å²) in [6.45, 7) is 2.03. The largest absolute Gasteiger partial charge is 0.467 e. The summed E-state index contributed by atoms with van der Waals surface area (Å²) in [5.41, 5.74) is 1.95. The van der Waals surface area contributed by atoms with Crippen molar-refractivity contribution >= 4 is 40.9 Å². The average molecular weight is 492 g/mol. The van der Waals surface area contributed by atoms with E-state index < -0.39 is 16.8 Å². The molecular weight excluding hydrogens is 464 g/mol. The lowest BCUT2D eigenvalue weighted by molar-refractivity contribution is -0.147. The fourth-order valence-corrected chi connectivity index (χ4v) is 5.77. The number of ether oxygens (including phenoxy) is 1. The third-order valence-corrected chi connectivity index (χ3v) is 7.73. The molecule has 176 valence electrons. The molecule has 1 spiro atoms. The highest BCUT2D eigenvalue weighted by Crippen LogP contribution is 2.56. The first kappa shape index (κ1) is 24.1. The standard InChI is InChI=1S/C26H28Cl2FNO3/c1-16(15-31)12-17-13-20-21(6-7-22(28)23(20)29)25(17)8-10-26(11-9-25,24(32)33-2)30-19-5-3-4-18(27)14-19/h3-7,13-14,16,30-31H,8-12,15H2,1-2H3/t16-,25?,26?/m1/s1. The van der Waals surface area contributed by atoms with Crippen molar-refractivity contribution in [3.8, 4) is 0 Å². The first-order chi connectivity index (χ1) is 15.7. The minimum absolute atomic E-state index is 0.0397. The summed E-state index contributed by atoms with van der Waals surface area (Å²) < 4.78 is 20.2. The molecule has 2 aliphatic rings. The molecule has 0 aromatic heterocycles. The monoisotopic (exact) mass is 491 g/mol. The fraction of sp³-hybridized carbons (Fsp3) is 0.423. The number of hydrogen-bond acceptors (Lipinski definition) is 4. The summed E-state index contributed by atoms with van der Waals surface area (Å²) in [6.07, 6.45) is 4.82. The van der Waals surface area contributed by atoms with E-state index in [2.05, 4.69) is 5.32 Å². The summed E-state index contributed by atoms with van der Waals surface area (Å²) in [5.74, 6) is -0.702. The van der Waals surface area contributed by atoms with Gasteiger partial charge in [0.05, 0.1) is 12.1 Å². The van der Waals surface area contributed by atoms with Crippen LogP contribution in [0.25, 0.3) is 6.08 Å². The van der Waals surface area contributed by atoms with Crippen LogP contribution in [0.15, 0.2) is 42.0 Å². The number of aliphatic hydroxyl groups is 1. The Hall–Kier alpha value is -2.08. The fourth-order valence-electron chi connectivity index (χ4n) is 5.42. The molecule has 7 heteroatoms. The highest BCUT2D eigenvalue weighted by Gasteiger charge is 2.52. The van der Waals surface area contributed by atoms with Gasteiger partial charge in [-0.2, -0.15) is 0 Å². The number of nitrogens with one attached hydrogen (secondary N) is 1. The number of hydrogen-bond donors (Lipinski definition) is 2. The highest BCUT2D eigenvalue weighted by molar-refractivity contribution is 6.31. The molecule has 2 aliphatic carbocycles. The molecule has 2 N–H and O–H groups in total. The van der Waals surface area contributed by atoms with Gasteiger partial charge in [0.25, 0.3) is 0 Å². The normalized spacial score (nSPS) is 24.8. The third kappa shape index (κ3) is 4.27. The SMILES string of the molecule is COC(=O)C1(Nc2cccc(Cl)c2)CCC2(CC1)C(C[C@@H](C)CO)=Cc1c2ccc(Cl)c1F. The van der Waals surface area contributed by atoms with Gasteiger partial charge in [0.15, 0.2) is 0 Å². The van der Waals surface area contributed by atoms with Crippen molar-refractivity contribution < 1.29 is 19.0 Å². The van der Waals surface area contributed by atoms with Crippen molar-refractivity contribution in [2.75, 3.05) is 19.0 Å². The minimum atomic E-state index is -0.911. The average Bonchev–Trinajstić information content (AvgIpc) is 3.10. The molecule has 0 heterocycles. The molecule has 0 saturated heterocycles. The second kappa shape index (κ2) is 9.28. The molecule has 2 aromatic carbocycles. The van der Waals surface area contributed by atoms with Gasteiger partial charge in [0, 0.05) is 28.3 Å². The highest BCUT2D eigenvalue weighted by atomic mass is 35.5. The Balaban J connectivity index is 1.71. The maximum Gasteiger partial charge on any atom is 0.331 e. The number of carbonyl (C=O) groups is 1. The molecule has 4 nitrogen and oxygen atoms in total. The predicted octanol–water partition coefficient (Wildman–Crippen LogP) is 6.38. The van der Waals surface area contributed by atoms with Crippen molar-refractivity contribution in [1.29, 1.82) is 0 Å². The van der Waals surface area contributed by atoms with Crippen molar-refractivity contribution in [3.05, 3.63) is 69.0 Å². The van der Waals surface area contributed by atoms with Crippen LogP contribution in [-0.2, 0) is 14.9 Å². The first-order valence-corrected chi connectivity index (χ1v) is 11.9. The molecular formula is C26H28Cl2FNO3. The van der Waals surface area contributed by atoms with Crippen LogP contribution in [0.3, 0.4) is 0 Å². The summed E-state index contributed by atoms with van der Waals surface area (Å²) >= 11 is 12.2. The molecule has 0 radical (unpaired) electrons. The van der Waals surface area contributed by atoms with Gasteiger partial charge in [-0.1, -0.05) is 53.9 Å². The molecule has 0 unspecified atom stereocenters. The number of fused-ring (bicyclic) bond motifs is 2. The molecule has 2 aromatic rings. The number of carbonyl (C=O) groups excluding carboxylic acids is 1. The summed E-state index contributed by atoms with van der Waals surface area (Å²) in [7, 11) is 1.39. The van der Waals surface area contributed by atoms with Crippen LogP contribution >= 0.6 is 23.2 Å². The van der Waals surface area contributed by atoms with E-state index in [1.54, 1.807) is 18.2 Å². The predicted molar refractivity (Wildman–Crippen MR) is 130 cm³/mol. The van der Waals surface area contributed by atoms with Crippen LogP contribution in [0.4, 0.5) is 10.1 Å². The van der Waals surface area contributed by atoms with E-state index in [0.29, 0.717) is 42.7 Å². The number of methoxy groups -OCH3 is 1. The lowest BCUT2D eigenvalue weighted by Crippen LogP contribution is -2.52. The maximum absolute atomic E-state index is 15.0. The van der Waals surface area contributed by atoms with Gasteiger partial charge in [-0.05, 0) is 67.9 Å². The van der Waals surface area contributed by atoms with Gasteiger partial charge in [-0.25, -0.2) is 9.18 Å². The second-order valence-corrected chi connectivity index (χ2v) is 10.1. The third-order valence-electron chi connectivity index (χ3n) is 7.20. The Morgan fingerprint density at radius 1 is 1.21 bits per heavy atom. The quantitative estimate of drug-likeness (QED) is 0.460. The van der Waals surface area contributed by atoms with E-state index in [9.17, 15) is 14.3 Å². The Bertz CT molecular complexity index is 1090. The molecule has 0 bridgehead atoms. The zero-order valence-electron chi connectivity index (χ0n) is 18.8. The molecule has 0 aliphatic heterocycles. The topological polar surface area (TPSA) is 58.6 Å². The van der Waals surface area contributed by atoms with Crippen molar-refractivity contribution in [3.63, 3.8) is 0 Å². The van der Waals surface area contributed by atoms with Crippen LogP contribution in [-0.4, -0.2) is 30.3 Å². The van der Waals surface area contributed by atoms with Gasteiger partial charge < -0.3 is 15.2 Å². The Morgan fingerprint density at radius 2 is 1.94 bits per heavy atom. The summed E-state index contributed by atoms with van der Waals surface area (Å²) in [6, 6.07) is 10.8. The summed E-state index contributed by atoms with van der Waals surface area (Å²) in [4.78, 5) is 13.0. The van der Waals surface area contributed by atoms with E-state index in [4.69, 9.17) is 27.9 Å². The lowest BCUT2D eigenvalue weighted by atomic mass is 9.61. The second-order valence-electron chi connectivity index (χ2n) is 9.28. The van der Waals surface area contributed by atoms with Crippen molar-refractivity contribution in [2.24, 2.45) is 5.92 Å². The van der Waals surface area contributed by atoms with Crippen LogP contribution in [0, 0.1) is 11.7 Å². The van der Waals surface area contributed by atoms with Crippen LogP contribution in [0.5, 0.6) is 0 Å². The zero-order valence-corrected chi connectivity index (χ0v) is 20.3. The van der Waals surface area contributed by atoms with Crippen molar-refractivity contribution in [1.82, 2.24) is 0 Å². The maximum atomic E-state index is 15.0. The number of benzene rings is 2. The molecule has 1 saturated carbocycles. The lowest BCUT2D eigenvalue weighted by Gasteiger charge is -2.46. The number of esters is 1. The number of halogens is 3. The van der Waals surface area contributed by atoms with Gasteiger partial charge in [-0.3, -0.25) is 0 Å². The molecule has 1 fully saturated rings. The number of allylic oxidation sites excluding steroid dienone is 1. The van der Waals surface area contributed by atoms with Gasteiger partial charge in [0.1, 0.15) is 11.4 Å². The zero-order chi connectivity index (χ0) is 23.8. The Morgan fingerprint density at radius 3 is 2.58 bits per heavy atom. The first-order valence-electron chi connectivity index (χ1n) is 11.2. The molecule has 1 atom stereocenters. The molecule has 0 amide bonds. The van der Waals surface area contributed by atoms with Crippen molar-refractivity contribution in [2.45, 2.75) is 50.0 Å². The van der Waals surface area contributed by atoms with Crippen LogP contribution < -0.4 is 5.32 Å². The van der Waals surface area contributed by atoms with Gasteiger partial charge in [-0.15, -0.1) is 0 Å². The number of aliphatic hydroxyl groups excluding tert-OH is 1.